The van der Waals surface area contributed by atoms with Crippen LogP contribution in [0.25, 0.3) is 0 Å². The smallest absolute Gasteiger partial charge is 0.368 e. The van der Waals surface area contributed by atoms with Gasteiger partial charge in [-0.3, -0.25) is 9.79 Å². The van der Waals surface area contributed by atoms with Gasteiger partial charge in [0, 0.05) is 31.1 Å². The summed E-state index contributed by atoms with van der Waals surface area (Å²) in [7, 11) is 0. The van der Waals surface area contributed by atoms with Crippen molar-refractivity contribution in [1.29, 1.82) is 0 Å². The van der Waals surface area contributed by atoms with Gasteiger partial charge in [0.2, 0.25) is 0 Å². The number of hydrogen-bond acceptors (Lipinski definition) is 5. The van der Waals surface area contributed by atoms with Crippen LogP contribution < -0.4 is 5.32 Å². The van der Waals surface area contributed by atoms with Crippen molar-refractivity contribution in [3.8, 4) is 0 Å². The number of aliphatic hydroxyl groups is 2. The predicted octanol–water partition coefficient (Wildman–Crippen LogP) is 5.69. The Bertz CT molecular complexity index is 1230. The molecule has 41 heavy (non-hydrogen) atoms. The third-order valence-electron chi connectivity index (χ3n) is 8.61. The van der Waals surface area contributed by atoms with Crippen molar-refractivity contribution in [2.45, 2.75) is 96.9 Å². The van der Waals surface area contributed by atoms with Crippen LogP contribution in [0.2, 0.25) is 0 Å². The van der Waals surface area contributed by atoms with Gasteiger partial charge >= 0.3 is 6.18 Å². The number of rotatable bonds is 9. The van der Waals surface area contributed by atoms with Gasteiger partial charge in [0.25, 0.3) is 5.91 Å². The lowest BCUT2D eigenvalue weighted by molar-refractivity contribution is -0.137. The van der Waals surface area contributed by atoms with Crippen LogP contribution in [-0.2, 0) is 23.9 Å². The number of benzene rings is 2. The van der Waals surface area contributed by atoms with Crippen molar-refractivity contribution >= 4 is 11.6 Å². The van der Waals surface area contributed by atoms with Crippen molar-refractivity contribution in [3.63, 3.8) is 0 Å². The van der Waals surface area contributed by atoms with E-state index in [1.165, 1.54) is 6.07 Å². The zero-order valence-corrected chi connectivity index (χ0v) is 24.3. The summed E-state index contributed by atoms with van der Waals surface area (Å²) < 4.78 is 40.3. The number of aliphatic imine (C=N–C) groups is 1. The molecule has 0 bridgehead atoms. The highest BCUT2D eigenvalue weighted by molar-refractivity contribution is 6.46. The number of carbonyl (C=O) groups excluding carboxylic acids is 1. The predicted molar refractivity (Wildman–Crippen MR) is 153 cm³/mol. The molecule has 2 aromatic rings. The summed E-state index contributed by atoms with van der Waals surface area (Å²) in [4.78, 5) is 20.5. The first-order valence-corrected chi connectivity index (χ1v) is 14.4. The lowest BCUT2D eigenvalue weighted by Crippen LogP contribution is -2.50. The molecule has 1 fully saturated rings. The van der Waals surface area contributed by atoms with E-state index >= 15 is 0 Å². The van der Waals surface area contributed by atoms with E-state index in [2.05, 4.69) is 26.1 Å². The fourth-order valence-corrected chi connectivity index (χ4v) is 6.06. The number of nitrogens with zero attached hydrogens (tertiary/aromatic N) is 2. The Morgan fingerprint density at radius 1 is 1.05 bits per heavy atom. The standard InChI is InChI=1S/C32H42F3N3O3/c1-21(18-27(39)40)36-20-23-10-8-22(9-11-23)14-17-38-29(41)28(24-6-5-7-26(19-24)32(33,34)35)37-31(38)15-12-25(13-16-31)30(2,3)4/h5-11,19,21,25,27,36,39-40H,12-18,20H2,1-4H3/t21-,25?,31?/m1/s1. The monoisotopic (exact) mass is 573 g/mol. The van der Waals surface area contributed by atoms with Crippen LogP contribution in [0, 0.1) is 11.3 Å². The van der Waals surface area contributed by atoms with Gasteiger partial charge in [0.05, 0.1) is 5.56 Å². The van der Waals surface area contributed by atoms with Gasteiger partial charge in [0.15, 0.2) is 6.29 Å². The first kappa shape index (κ1) is 31.2. The summed E-state index contributed by atoms with van der Waals surface area (Å²) in [6, 6.07) is 12.9. The molecule has 1 aliphatic heterocycles. The maximum absolute atomic E-state index is 13.8. The van der Waals surface area contributed by atoms with E-state index in [4.69, 9.17) is 15.2 Å². The minimum absolute atomic E-state index is 0.0496. The van der Waals surface area contributed by atoms with E-state index < -0.39 is 23.7 Å². The minimum atomic E-state index is -4.50. The highest BCUT2D eigenvalue weighted by Gasteiger charge is 2.50. The molecule has 6 nitrogen and oxygen atoms in total. The normalized spacial score (nSPS) is 22.5. The minimum Gasteiger partial charge on any atom is -0.368 e. The first-order chi connectivity index (χ1) is 19.2. The summed E-state index contributed by atoms with van der Waals surface area (Å²) in [6.07, 6.45) is -1.82. The van der Waals surface area contributed by atoms with Crippen molar-refractivity contribution < 1.29 is 28.2 Å². The van der Waals surface area contributed by atoms with Crippen LogP contribution in [0.1, 0.15) is 82.1 Å². The molecule has 1 spiro atoms. The van der Waals surface area contributed by atoms with Crippen molar-refractivity contribution in [2.75, 3.05) is 6.54 Å². The fourth-order valence-electron chi connectivity index (χ4n) is 6.06. The molecule has 0 radical (unpaired) electrons. The number of amides is 1. The SMILES string of the molecule is C[C@H](CC(O)O)NCc1ccc(CCN2C(=O)C(c3cccc(C(F)(F)F)c3)=NC23CCC(C(C)(C)C)CC3)cc1. The molecule has 2 aromatic carbocycles. The van der Waals surface area contributed by atoms with Gasteiger partial charge in [-0.05, 0) is 73.6 Å². The van der Waals surface area contributed by atoms with Crippen LogP contribution >= 0.6 is 0 Å². The molecule has 1 saturated carbocycles. The topological polar surface area (TPSA) is 85.2 Å². The maximum Gasteiger partial charge on any atom is 0.416 e. The molecule has 3 N–H and O–H groups in total. The zero-order chi connectivity index (χ0) is 30.0. The molecule has 1 heterocycles. The number of nitrogens with one attached hydrogen (secondary N) is 1. The molecule has 1 atom stereocenters. The second-order valence-corrected chi connectivity index (χ2v) is 12.7. The molecule has 1 amide bonds. The van der Waals surface area contributed by atoms with Crippen LogP contribution in [0.3, 0.4) is 0 Å². The molecular formula is C32H42F3N3O3. The third-order valence-corrected chi connectivity index (χ3v) is 8.61. The average Bonchev–Trinajstić information content (AvgIpc) is 3.16. The van der Waals surface area contributed by atoms with Crippen LogP contribution in [0.4, 0.5) is 13.2 Å². The number of carbonyl (C=O) groups is 1. The van der Waals surface area contributed by atoms with Gasteiger partial charge in [0.1, 0.15) is 11.4 Å². The molecule has 4 rings (SSSR count). The number of hydrogen-bond donors (Lipinski definition) is 3. The summed E-state index contributed by atoms with van der Waals surface area (Å²) >= 11 is 0. The summed E-state index contributed by atoms with van der Waals surface area (Å²) in [5.41, 5.74) is 1.04. The second kappa shape index (κ2) is 12.2. The van der Waals surface area contributed by atoms with Gasteiger partial charge in [-0.25, -0.2) is 0 Å². The number of aliphatic hydroxyl groups excluding tert-OH is 1. The Balaban J connectivity index is 1.51. The van der Waals surface area contributed by atoms with Crippen molar-refractivity contribution in [3.05, 3.63) is 70.8 Å². The molecule has 0 aromatic heterocycles. The molecular weight excluding hydrogens is 531 g/mol. The molecule has 224 valence electrons. The van der Waals surface area contributed by atoms with E-state index in [1.54, 1.807) is 11.0 Å². The van der Waals surface area contributed by atoms with Gasteiger partial charge in [-0.2, -0.15) is 13.2 Å². The molecule has 2 aliphatic rings. The van der Waals surface area contributed by atoms with Crippen molar-refractivity contribution in [1.82, 2.24) is 10.2 Å². The van der Waals surface area contributed by atoms with E-state index in [0.29, 0.717) is 38.3 Å². The summed E-state index contributed by atoms with van der Waals surface area (Å²) in [5, 5.41) is 21.5. The molecule has 0 unspecified atom stereocenters. The highest BCUT2D eigenvalue weighted by atomic mass is 19.4. The van der Waals surface area contributed by atoms with Crippen LogP contribution in [-0.4, -0.2) is 51.3 Å². The first-order valence-electron chi connectivity index (χ1n) is 14.4. The molecule has 0 saturated heterocycles. The lowest BCUT2D eigenvalue weighted by Gasteiger charge is -2.45. The van der Waals surface area contributed by atoms with Gasteiger partial charge in [-0.1, -0.05) is 57.2 Å². The Morgan fingerprint density at radius 3 is 2.27 bits per heavy atom. The molecule has 1 aliphatic carbocycles. The van der Waals surface area contributed by atoms with Gasteiger partial charge < -0.3 is 20.4 Å². The number of halogens is 3. The van der Waals surface area contributed by atoms with Gasteiger partial charge in [-0.15, -0.1) is 0 Å². The maximum atomic E-state index is 13.8. The summed E-state index contributed by atoms with van der Waals surface area (Å²) in [6.45, 7) is 9.57. The average molecular weight is 574 g/mol. The Kier molecular flexibility index (Phi) is 9.31. The lowest BCUT2D eigenvalue weighted by atomic mass is 9.69. The fraction of sp³-hybridized carbons (Fsp3) is 0.562. The quantitative estimate of drug-likeness (QED) is 0.337. The second-order valence-electron chi connectivity index (χ2n) is 12.7. The largest absolute Gasteiger partial charge is 0.416 e. The third kappa shape index (κ3) is 7.56. The highest BCUT2D eigenvalue weighted by Crippen LogP contribution is 2.46. The van der Waals surface area contributed by atoms with Crippen LogP contribution in [0.5, 0.6) is 0 Å². The van der Waals surface area contributed by atoms with Crippen molar-refractivity contribution in [2.24, 2.45) is 16.3 Å². The van der Waals surface area contributed by atoms with E-state index in [9.17, 15) is 18.0 Å². The van der Waals surface area contributed by atoms with E-state index in [1.807, 2.05) is 31.2 Å². The molecule has 9 heteroatoms. The summed E-state index contributed by atoms with van der Waals surface area (Å²) in [5.74, 6) is 0.182. The Morgan fingerprint density at radius 2 is 1.68 bits per heavy atom. The number of alkyl halides is 3. The Hall–Kier alpha value is -2.75. The van der Waals surface area contributed by atoms with Crippen LogP contribution in [0.15, 0.2) is 53.5 Å². The Labute approximate surface area is 240 Å². The van der Waals surface area contributed by atoms with E-state index in [0.717, 1.165) is 36.1 Å². The van der Waals surface area contributed by atoms with E-state index in [-0.39, 0.29) is 35.1 Å². The zero-order valence-electron chi connectivity index (χ0n) is 24.3.